The Morgan fingerprint density at radius 2 is 1.81 bits per heavy atom. The predicted molar refractivity (Wildman–Crippen MR) is 120 cm³/mol. The molecule has 8 nitrogen and oxygen atoms in total. The Morgan fingerprint density at radius 1 is 1.09 bits per heavy atom. The van der Waals surface area contributed by atoms with Gasteiger partial charge in [-0.25, -0.2) is 23.1 Å². The lowest BCUT2D eigenvalue weighted by atomic mass is 10.1. The summed E-state index contributed by atoms with van der Waals surface area (Å²) >= 11 is 0. The fourth-order valence-electron chi connectivity index (χ4n) is 3.08. The zero-order valence-corrected chi connectivity index (χ0v) is 18.4. The minimum absolute atomic E-state index is 0.0686. The van der Waals surface area contributed by atoms with E-state index in [1.54, 1.807) is 60.9 Å². The average molecular weight is 453 g/mol. The van der Waals surface area contributed by atoms with Crippen LogP contribution in [0.4, 0.5) is 5.69 Å². The van der Waals surface area contributed by atoms with Crippen molar-refractivity contribution < 1.29 is 17.9 Å². The smallest absolute Gasteiger partial charge is 0.321 e. The molecule has 0 unspecified atom stereocenters. The maximum absolute atomic E-state index is 12.4. The van der Waals surface area contributed by atoms with Gasteiger partial charge in [0.25, 0.3) is 0 Å². The van der Waals surface area contributed by atoms with Crippen molar-refractivity contribution in [1.29, 1.82) is 0 Å². The van der Waals surface area contributed by atoms with E-state index in [1.165, 1.54) is 0 Å². The highest BCUT2D eigenvalue weighted by molar-refractivity contribution is 7.89. The van der Waals surface area contributed by atoms with E-state index in [-0.39, 0.29) is 29.3 Å². The summed E-state index contributed by atoms with van der Waals surface area (Å²) in [5.41, 5.74) is 2.45. The van der Waals surface area contributed by atoms with Crippen molar-refractivity contribution in [2.24, 2.45) is 0 Å². The molecule has 2 aromatic carbocycles. The summed E-state index contributed by atoms with van der Waals surface area (Å²) in [6.45, 7) is 1.88. The highest BCUT2D eigenvalue weighted by Crippen LogP contribution is 2.25. The first kappa shape index (κ1) is 21.9. The third-order valence-electron chi connectivity index (χ3n) is 5.00. The first-order valence-corrected chi connectivity index (χ1v) is 11.8. The van der Waals surface area contributed by atoms with E-state index in [9.17, 15) is 13.2 Å². The number of benzene rings is 2. The van der Waals surface area contributed by atoms with Crippen LogP contribution in [0.3, 0.4) is 0 Å². The first-order valence-electron chi connectivity index (χ1n) is 10.4. The van der Waals surface area contributed by atoms with Gasteiger partial charge in [0.05, 0.1) is 4.90 Å². The standard InChI is InChI=1S/C23H24N4O4S/c1-16-15-19(31-23-24-13-2-14-25-23)8-11-21(16)26-22(28)12-5-17-3-9-20(10-4-17)32(29,30)27-18-6-7-18/h2-4,8-11,13-15,18,27H,5-7,12H2,1H3,(H,26,28). The van der Waals surface area contributed by atoms with E-state index in [4.69, 9.17) is 4.74 Å². The molecule has 4 rings (SSSR count). The Morgan fingerprint density at radius 3 is 2.47 bits per heavy atom. The lowest BCUT2D eigenvalue weighted by Gasteiger charge is -2.11. The normalized spacial score (nSPS) is 13.5. The number of ether oxygens (including phenoxy) is 1. The summed E-state index contributed by atoms with van der Waals surface area (Å²) in [6, 6.07) is 14.0. The summed E-state index contributed by atoms with van der Waals surface area (Å²) in [4.78, 5) is 20.7. The molecule has 1 amide bonds. The maximum atomic E-state index is 12.4. The highest BCUT2D eigenvalue weighted by atomic mass is 32.2. The van der Waals surface area contributed by atoms with Gasteiger partial charge in [-0.3, -0.25) is 4.79 Å². The molecule has 1 fully saturated rings. The fraction of sp³-hybridized carbons (Fsp3) is 0.261. The SMILES string of the molecule is Cc1cc(Oc2ncccn2)ccc1NC(=O)CCc1ccc(S(=O)(=O)NC2CC2)cc1. The van der Waals surface area contributed by atoms with Crippen molar-refractivity contribution >= 4 is 21.6 Å². The quantitative estimate of drug-likeness (QED) is 0.513. The van der Waals surface area contributed by atoms with Crippen LogP contribution in [-0.2, 0) is 21.2 Å². The molecule has 0 radical (unpaired) electrons. The first-order chi connectivity index (χ1) is 15.4. The van der Waals surface area contributed by atoms with Crippen molar-refractivity contribution in [1.82, 2.24) is 14.7 Å². The van der Waals surface area contributed by atoms with Crippen LogP contribution in [0.5, 0.6) is 11.8 Å². The van der Waals surface area contributed by atoms with Crippen LogP contribution in [0.25, 0.3) is 0 Å². The maximum Gasteiger partial charge on any atom is 0.321 e. The van der Waals surface area contributed by atoms with Gasteiger partial charge in [-0.1, -0.05) is 12.1 Å². The largest absolute Gasteiger partial charge is 0.424 e. The van der Waals surface area contributed by atoms with Crippen LogP contribution in [0.2, 0.25) is 0 Å². The average Bonchev–Trinajstić information content (AvgIpc) is 3.58. The van der Waals surface area contributed by atoms with Gasteiger partial charge in [-0.05, 0) is 73.7 Å². The van der Waals surface area contributed by atoms with E-state index >= 15 is 0 Å². The van der Waals surface area contributed by atoms with Gasteiger partial charge in [-0.15, -0.1) is 0 Å². The topological polar surface area (TPSA) is 110 Å². The zero-order valence-electron chi connectivity index (χ0n) is 17.6. The molecule has 0 aliphatic heterocycles. The molecule has 2 N–H and O–H groups in total. The van der Waals surface area contributed by atoms with Gasteiger partial charge in [-0.2, -0.15) is 0 Å². The number of hydrogen-bond donors (Lipinski definition) is 2. The number of nitrogens with one attached hydrogen (secondary N) is 2. The molecule has 0 atom stereocenters. The number of carbonyl (C=O) groups excluding carboxylic acids is 1. The third-order valence-corrected chi connectivity index (χ3v) is 6.53. The van der Waals surface area contributed by atoms with Crippen LogP contribution >= 0.6 is 0 Å². The molecule has 166 valence electrons. The van der Waals surface area contributed by atoms with E-state index in [2.05, 4.69) is 20.0 Å². The second-order valence-corrected chi connectivity index (χ2v) is 9.41. The van der Waals surface area contributed by atoms with E-state index in [0.717, 1.165) is 24.0 Å². The highest BCUT2D eigenvalue weighted by Gasteiger charge is 2.27. The van der Waals surface area contributed by atoms with Crippen LogP contribution in [0.15, 0.2) is 65.8 Å². The molecule has 0 bridgehead atoms. The number of hydrogen-bond acceptors (Lipinski definition) is 6. The lowest BCUT2D eigenvalue weighted by molar-refractivity contribution is -0.116. The number of nitrogens with zero attached hydrogens (tertiary/aromatic N) is 2. The van der Waals surface area contributed by atoms with Gasteiger partial charge in [0.15, 0.2) is 0 Å². The molecule has 0 spiro atoms. The number of aromatic nitrogens is 2. The number of aryl methyl sites for hydroxylation is 2. The summed E-state index contributed by atoms with van der Waals surface area (Å²) in [5.74, 6) is 0.457. The zero-order chi connectivity index (χ0) is 22.6. The van der Waals surface area contributed by atoms with E-state index in [1.807, 2.05) is 6.92 Å². The molecule has 3 aromatic rings. The van der Waals surface area contributed by atoms with Crippen LogP contribution in [0.1, 0.15) is 30.4 Å². The monoisotopic (exact) mass is 452 g/mol. The van der Waals surface area contributed by atoms with Gasteiger partial charge in [0.2, 0.25) is 15.9 Å². The molecule has 1 aromatic heterocycles. The van der Waals surface area contributed by atoms with Gasteiger partial charge in [0.1, 0.15) is 5.75 Å². The summed E-state index contributed by atoms with van der Waals surface area (Å²) in [6.07, 6.45) is 5.77. The molecule has 9 heteroatoms. The molecule has 1 aliphatic rings. The van der Waals surface area contributed by atoms with Crippen LogP contribution in [-0.4, -0.2) is 30.3 Å². The Kier molecular flexibility index (Phi) is 6.48. The van der Waals surface area contributed by atoms with Crippen molar-refractivity contribution in [2.45, 2.75) is 43.5 Å². The van der Waals surface area contributed by atoms with Gasteiger partial charge < -0.3 is 10.1 Å². The number of amides is 1. The fourth-order valence-corrected chi connectivity index (χ4v) is 4.38. The molecular formula is C23H24N4O4S. The van der Waals surface area contributed by atoms with Crippen molar-refractivity contribution in [3.8, 4) is 11.8 Å². The number of anilines is 1. The lowest BCUT2D eigenvalue weighted by Crippen LogP contribution is -2.25. The molecule has 1 heterocycles. The molecule has 32 heavy (non-hydrogen) atoms. The molecular weight excluding hydrogens is 428 g/mol. The molecule has 1 aliphatic carbocycles. The van der Waals surface area contributed by atoms with Crippen molar-refractivity contribution in [3.63, 3.8) is 0 Å². The second-order valence-electron chi connectivity index (χ2n) is 7.70. The van der Waals surface area contributed by atoms with Gasteiger partial charge >= 0.3 is 6.01 Å². The van der Waals surface area contributed by atoms with Crippen LogP contribution in [0, 0.1) is 6.92 Å². The van der Waals surface area contributed by atoms with Crippen molar-refractivity contribution in [2.75, 3.05) is 5.32 Å². The van der Waals surface area contributed by atoms with Crippen LogP contribution < -0.4 is 14.8 Å². The second kappa shape index (κ2) is 9.46. The minimum Gasteiger partial charge on any atom is -0.424 e. The number of carbonyl (C=O) groups is 1. The number of rotatable bonds is 9. The molecule has 1 saturated carbocycles. The molecule has 0 saturated heterocycles. The summed E-state index contributed by atoms with van der Waals surface area (Å²) in [5, 5.41) is 2.90. The third kappa shape index (κ3) is 5.89. The summed E-state index contributed by atoms with van der Waals surface area (Å²) in [7, 11) is -3.46. The Balaban J connectivity index is 1.30. The van der Waals surface area contributed by atoms with E-state index < -0.39 is 10.0 Å². The predicted octanol–water partition coefficient (Wildman–Crippen LogP) is 3.59. The minimum atomic E-state index is -3.46. The van der Waals surface area contributed by atoms with E-state index in [0.29, 0.717) is 17.9 Å². The summed E-state index contributed by atoms with van der Waals surface area (Å²) < 4.78 is 32.7. The van der Waals surface area contributed by atoms with Crippen molar-refractivity contribution in [3.05, 3.63) is 72.1 Å². The number of sulfonamides is 1. The Labute approximate surface area is 187 Å². The van der Waals surface area contributed by atoms with Gasteiger partial charge in [0, 0.05) is 30.5 Å². The Hall–Kier alpha value is -3.30. The Bertz CT molecular complexity index is 1190.